The zero-order valence-corrected chi connectivity index (χ0v) is 40.0. The normalized spacial score (nSPS) is 49.1. The van der Waals surface area contributed by atoms with Gasteiger partial charge in [-0.15, -0.1) is 0 Å². The SMILES string of the molecule is CC(C)CCC[C@@H](C)[C@H]1CC[C@H]2[C@@H]3C[C@@H](COC[C@@H]4C[C@H]5[C@@H]6CC[C@H]([C@H](C)CCCC(C)C)[C@@]6(C)CC[C@@H]5[C@@]5(C)CCCCC45)C4CCCC[C@]4(C)[C@H]3CC[C@]12C. The second kappa shape index (κ2) is 17.3. The molecule has 0 aromatic rings. The van der Waals surface area contributed by atoms with Crippen LogP contribution in [0.25, 0.3) is 0 Å². The first kappa shape index (κ1) is 43.6. The van der Waals surface area contributed by atoms with Crippen molar-refractivity contribution in [1.82, 2.24) is 0 Å². The Balaban J connectivity index is 0.958. The van der Waals surface area contributed by atoms with Crippen molar-refractivity contribution in [2.75, 3.05) is 13.2 Å². The Labute approximate surface area is 356 Å². The van der Waals surface area contributed by atoms with E-state index in [0.29, 0.717) is 21.7 Å². The summed E-state index contributed by atoms with van der Waals surface area (Å²) >= 11 is 0. The molecule has 8 rings (SSSR count). The monoisotopic (exact) mass is 787 g/mol. The predicted octanol–water partition coefficient (Wildman–Crippen LogP) is 16.5. The van der Waals surface area contributed by atoms with Gasteiger partial charge in [-0.05, 0) is 206 Å². The van der Waals surface area contributed by atoms with Gasteiger partial charge in [0.05, 0.1) is 0 Å². The molecule has 18 atom stereocenters. The zero-order valence-electron chi connectivity index (χ0n) is 40.0. The Kier molecular flexibility index (Phi) is 13.2. The van der Waals surface area contributed by atoms with Crippen molar-refractivity contribution >= 4 is 0 Å². The number of fused-ring (bicyclic) bond motifs is 10. The fourth-order valence-electron chi connectivity index (χ4n) is 19.9. The predicted molar refractivity (Wildman–Crippen MR) is 244 cm³/mol. The van der Waals surface area contributed by atoms with Crippen LogP contribution in [0.4, 0.5) is 0 Å². The van der Waals surface area contributed by atoms with E-state index in [-0.39, 0.29) is 0 Å². The quantitative estimate of drug-likeness (QED) is 0.170. The van der Waals surface area contributed by atoms with Gasteiger partial charge in [-0.3, -0.25) is 0 Å². The maximum Gasteiger partial charge on any atom is 0.0497 e. The molecule has 0 N–H and O–H groups in total. The van der Waals surface area contributed by atoms with Crippen LogP contribution in [0.5, 0.6) is 0 Å². The van der Waals surface area contributed by atoms with Gasteiger partial charge in [-0.2, -0.15) is 0 Å². The van der Waals surface area contributed by atoms with E-state index >= 15 is 0 Å². The summed E-state index contributed by atoms with van der Waals surface area (Å²) in [7, 11) is 0. The Bertz CT molecular complexity index is 1220. The van der Waals surface area contributed by atoms with Crippen LogP contribution < -0.4 is 0 Å². The van der Waals surface area contributed by atoms with Crippen LogP contribution >= 0.6 is 0 Å². The average molecular weight is 787 g/mol. The standard InChI is InChI=1S/C56H98O/c1-37(2)17-15-19-39(5)45-23-25-49-43-33-41(47-21-11-13-29-53(47,7)51(43)27-31-55(45,49)9)35-57-36-42-34-44-50-26-24-46(40(6)20-16-18-38(3)4)56(50,10)32-28-52(44)54(8)30-14-12-22-48(42)54/h37-52H,11-36H2,1-10H3/t39-,40-,41+,42+,43+,44+,45-,46-,47?,48?,49+,50+,51+,52+,53+,54+,55-,56-/m1/s1. The Morgan fingerprint density at radius 3 is 1.23 bits per heavy atom. The van der Waals surface area contributed by atoms with Gasteiger partial charge in [-0.1, -0.05) is 133 Å². The highest BCUT2D eigenvalue weighted by molar-refractivity contribution is 5.13. The second-order valence-electron chi connectivity index (χ2n) is 26.1. The molecular formula is C56H98O. The lowest BCUT2D eigenvalue weighted by molar-refractivity contribution is -0.163. The minimum absolute atomic E-state index is 0.564. The van der Waals surface area contributed by atoms with Crippen LogP contribution in [0.1, 0.15) is 223 Å². The van der Waals surface area contributed by atoms with Crippen LogP contribution in [0, 0.1) is 116 Å². The first-order chi connectivity index (χ1) is 27.2. The molecule has 0 heterocycles. The molecule has 2 unspecified atom stereocenters. The van der Waals surface area contributed by atoms with Crippen molar-refractivity contribution in [3.63, 3.8) is 0 Å². The minimum Gasteiger partial charge on any atom is -0.381 e. The molecule has 8 fully saturated rings. The van der Waals surface area contributed by atoms with E-state index in [1.807, 2.05) is 0 Å². The molecule has 328 valence electrons. The zero-order chi connectivity index (χ0) is 40.3. The minimum atomic E-state index is 0.564. The van der Waals surface area contributed by atoms with Crippen LogP contribution in [0.2, 0.25) is 0 Å². The average Bonchev–Trinajstić information content (AvgIpc) is 3.71. The maximum absolute atomic E-state index is 7.38. The van der Waals surface area contributed by atoms with E-state index in [2.05, 4.69) is 69.2 Å². The molecule has 0 aliphatic heterocycles. The smallest absolute Gasteiger partial charge is 0.0497 e. The summed E-state index contributed by atoms with van der Waals surface area (Å²) in [6, 6.07) is 0. The molecule has 57 heavy (non-hydrogen) atoms. The lowest BCUT2D eigenvalue weighted by Gasteiger charge is -2.63. The molecule has 0 amide bonds. The Morgan fingerprint density at radius 1 is 0.421 bits per heavy atom. The molecule has 0 spiro atoms. The van der Waals surface area contributed by atoms with Gasteiger partial charge in [0.15, 0.2) is 0 Å². The van der Waals surface area contributed by atoms with Crippen LogP contribution in [-0.4, -0.2) is 13.2 Å². The van der Waals surface area contributed by atoms with Gasteiger partial charge < -0.3 is 4.74 Å². The lowest BCUT2D eigenvalue weighted by Crippen LogP contribution is -2.57. The van der Waals surface area contributed by atoms with Crippen molar-refractivity contribution in [3.05, 3.63) is 0 Å². The fourth-order valence-corrected chi connectivity index (χ4v) is 19.9. The van der Waals surface area contributed by atoms with Crippen molar-refractivity contribution in [3.8, 4) is 0 Å². The fraction of sp³-hybridized carbons (Fsp3) is 1.00. The summed E-state index contributed by atoms with van der Waals surface area (Å²) in [6.07, 6.45) is 35.9. The lowest BCUT2D eigenvalue weighted by atomic mass is 9.42. The van der Waals surface area contributed by atoms with E-state index in [1.165, 1.54) is 154 Å². The van der Waals surface area contributed by atoms with E-state index in [4.69, 9.17) is 4.74 Å². The molecular weight excluding hydrogens is 689 g/mol. The third-order valence-corrected chi connectivity index (χ3v) is 22.6. The Morgan fingerprint density at radius 2 is 0.825 bits per heavy atom. The number of hydrogen-bond acceptors (Lipinski definition) is 1. The molecule has 8 saturated carbocycles. The van der Waals surface area contributed by atoms with Crippen molar-refractivity contribution < 1.29 is 4.74 Å². The van der Waals surface area contributed by atoms with Gasteiger partial charge in [0.1, 0.15) is 0 Å². The highest BCUT2D eigenvalue weighted by Crippen LogP contribution is 2.71. The molecule has 0 radical (unpaired) electrons. The van der Waals surface area contributed by atoms with E-state index in [1.54, 1.807) is 0 Å². The molecule has 0 bridgehead atoms. The van der Waals surface area contributed by atoms with Gasteiger partial charge in [0.25, 0.3) is 0 Å². The molecule has 8 aliphatic rings. The van der Waals surface area contributed by atoms with Gasteiger partial charge in [-0.25, -0.2) is 0 Å². The summed E-state index contributed by atoms with van der Waals surface area (Å²) in [6.45, 7) is 28.5. The van der Waals surface area contributed by atoms with Crippen LogP contribution in [0.3, 0.4) is 0 Å². The topological polar surface area (TPSA) is 9.23 Å². The molecule has 0 aromatic carbocycles. The van der Waals surface area contributed by atoms with Gasteiger partial charge in [0, 0.05) is 13.2 Å². The van der Waals surface area contributed by atoms with Gasteiger partial charge in [0.2, 0.25) is 0 Å². The van der Waals surface area contributed by atoms with E-state index in [9.17, 15) is 0 Å². The molecule has 0 aromatic heterocycles. The van der Waals surface area contributed by atoms with Crippen LogP contribution in [0.15, 0.2) is 0 Å². The summed E-state index contributed by atoms with van der Waals surface area (Å²) in [4.78, 5) is 0. The Hall–Kier alpha value is -0.0400. The van der Waals surface area contributed by atoms with E-state index in [0.717, 1.165) is 108 Å². The highest BCUT2D eigenvalue weighted by Gasteiger charge is 2.64. The van der Waals surface area contributed by atoms with Gasteiger partial charge >= 0.3 is 0 Å². The summed E-state index contributed by atoms with van der Waals surface area (Å²) in [5, 5.41) is 0. The summed E-state index contributed by atoms with van der Waals surface area (Å²) in [5.74, 6) is 14.7. The molecule has 0 saturated heterocycles. The highest BCUT2D eigenvalue weighted by atomic mass is 16.5. The first-order valence-corrected chi connectivity index (χ1v) is 26.8. The maximum atomic E-state index is 7.38. The largest absolute Gasteiger partial charge is 0.381 e. The third-order valence-electron chi connectivity index (χ3n) is 22.6. The molecule has 1 heteroatoms. The van der Waals surface area contributed by atoms with Crippen LogP contribution in [-0.2, 0) is 4.74 Å². The number of hydrogen-bond donors (Lipinski definition) is 0. The molecule has 8 aliphatic carbocycles. The first-order valence-electron chi connectivity index (χ1n) is 26.8. The number of rotatable bonds is 14. The van der Waals surface area contributed by atoms with Crippen molar-refractivity contribution in [2.24, 2.45) is 116 Å². The second-order valence-corrected chi connectivity index (χ2v) is 26.1. The van der Waals surface area contributed by atoms with Crippen molar-refractivity contribution in [1.29, 1.82) is 0 Å². The van der Waals surface area contributed by atoms with Crippen molar-refractivity contribution in [2.45, 2.75) is 223 Å². The molecule has 1 nitrogen and oxygen atoms in total. The third kappa shape index (κ3) is 7.86. The van der Waals surface area contributed by atoms with E-state index < -0.39 is 0 Å². The summed E-state index contributed by atoms with van der Waals surface area (Å²) in [5.41, 5.74) is 2.31. The summed E-state index contributed by atoms with van der Waals surface area (Å²) < 4.78 is 7.38. The number of ether oxygens (including phenoxy) is 1.